The summed E-state index contributed by atoms with van der Waals surface area (Å²) in [5.41, 5.74) is 15.9. The van der Waals surface area contributed by atoms with Crippen molar-refractivity contribution < 1.29 is 13.9 Å². The summed E-state index contributed by atoms with van der Waals surface area (Å²) >= 11 is 4.10. The van der Waals surface area contributed by atoms with Crippen LogP contribution in [0, 0.1) is 13.1 Å². The van der Waals surface area contributed by atoms with E-state index in [4.69, 9.17) is 26.7 Å². The summed E-state index contributed by atoms with van der Waals surface area (Å²) in [5.74, 6) is 0.637. The molecule has 0 saturated carbocycles. The van der Waals surface area contributed by atoms with Crippen LogP contribution in [0.4, 0.5) is 21.8 Å². The van der Waals surface area contributed by atoms with Crippen LogP contribution in [0.3, 0.4) is 0 Å². The van der Waals surface area contributed by atoms with Gasteiger partial charge in [0.15, 0.2) is 0 Å². The molecule has 0 unspecified atom stereocenters. The largest absolute Gasteiger partial charge is 0.384 e. The van der Waals surface area contributed by atoms with Crippen LogP contribution < -0.4 is 17.2 Å². The molecule has 0 aliphatic carbocycles. The van der Waals surface area contributed by atoms with Gasteiger partial charge in [-0.25, -0.2) is 9.97 Å². The fraction of sp³-hybridized carbons (Fsp3) is 0.444. The molecular formula is C18H30FI2N5O2. The lowest BCUT2D eigenvalue weighted by molar-refractivity contribution is 0.162. The SMILES string of the molecule is CCOCC.CCOCC.Nc1cc(I)cc(F)n1.Nc1cc(I)cc(N)n1. The third kappa shape index (κ3) is 19.8. The van der Waals surface area contributed by atoms with E-state index in [0.29, 0.717) is 11.6 Å². The van der Waals surface area contributed by atoms with Crippen molar-refractivity contribution in [2.75, 3.05) is 43.6 Å². The van der Waals surface area contributed by atoms with Gasteiger partial charge in [-0.2, -0.15) is 4.39 Å². The minimum atomic E-state index is -0.528. The molecule has 7 nitrogen and oxygen atoms in total. The molecule has 6 N–H and O–H groups in total. The average molecular weight is 621 g/mol. The number of anilines is 3. The van der Waals surface area contributed by atoms with Gasteiger partial charge >= 0.3 is 0 Å². The van der Waals surface area contributed by atoms with Crippen molar-refractivity contribution in [2.45, 2.75) is 27.7 Å². The van der Waals surface area contributed by atoms with Crippen LogP contribution in [0.15, 0.2) is 24.3 Å². The van der Waals surface area contributed by atoms with Gasteiger partial charge in [0, 0.05) is 39.6 Å². The van der Waals surface area contributed by atoms with E-state index in [2.05, 4.69) is 32.6 Å². The second-order valence-corrected chi connectivity index (χ2v) is 7.22. The Kier molecular flexibility index (Phi) is 20.2. The maximum Gasteiger partial charge on any atom is 0.215 e. The van der Waals surface area contributed by atoms with Gasteiger partial charge in [0.25, 0.3) is 0 Å². The van der Waals surface area contributed by atoms with E-state index in [-0.39, 0.29) is 5.82 Å². The molecule has 0 amide bonds. The summed E-state index contributed by atoms with van der Waals surface area (Å²) in [4.78, 5) is 7.13. The molecule has 0 fully saturated rings. The zero-order chi connectivity index (χ0) is 21.9. The van der Waals surface area contributed by atoms with Gasteiger partial charge in [-0.05, 0) is 91.1 Å². The first-order chi connectivity index (χ1) is 13.2. The van der Waals surface area contributed by atoms with Gasteiger partial charge in [0.1, 0.15) is 17.5 Å². The van der Waals surface area contributed by atoms with E-state index in [1.807, 2.05) is 50.3 Å². The third-order valence-corrected chi connectivity index (χ3v) is 3.67. The molecule has 2 heterocycles. The molecule has 0 spiro atoms. The second kappa shape index (κ2) is 19.3. The second-order valence-electron chi connectivity index (χ2n) is 4.73. The van der Waals surface area contributed by atoms with Crippen molar-refractivity contribution in [2.24, 2.45) is 0 Å². The predicted octanol–water partition coefficient (Wildman–Crippen LogP) is 4.34. The third-order valence-electron chi connectivity index (χ3n) is 2.42. The lowest BCUT2D eigenvalue weighted by Gasteiger charge is -1.94. The van der Waals surface area contributed by atoms with Gasteiger partial charge < -0.3 is 26.7 Å². The quantitative estimate of drug-likeness (QED) is 0.343. The molecule has 2 aromatic heterocycles. The molecule has 2 rings (SSSR count). The van der Waals surface area contributed by atoms with Crippen molar-refractivity contribution in [3.8, 4) is 0 Å². The highest BCUT2D eigenvalue weighted by Gasteiger charge is 1.94. The highest BCUT2D eigenvalue weighted by atomic mass is 127. The topological polar surface area (TPSA) is 122 Å². The Morgan fingerprint density at radius 2 is 1.04 bits per heavy atom. The molecule has 10 heteroatoms. The van der Waals surface area contributed by atoms with Gasteiger partial charge in [0.05, 0.1) is 0 Å². The van der Waals surface area contributed by atoms with Crippen molar-refractivity contribution in [3.63, 3.8) is 0 Å². The van der Waals surface area contributed by atoms with E-state index < -0.39 is 5.95 Å². The van der Waals surface area contributed by atoms with E-state index in [9.17, 15) is 4.39 Å². The molecule has 0 aliphatic rings. The van der Waals surface area contributed by atoms with Crippen LogP contribution in [-0.2, 0) is 9.47 Å². The average Bonchev–Trinajstić information content (AvgIpc) is 2.55. The number of rotatable bonds is 4. The van der Waals surface area contributed by atoms with Crippen LogP contribution in [0.2, 0.25) is 0 Å². The van der Waals surface area contributed by atoms with Crippen molar-refractivity contribution in [3.05, 3.63) is 37.4 Å². The number of nitrogen functional groups attached to an aromatic ring is 3. The van der Waals surface area contributed by atoms with Gasteiger partial charge in [-0.1, -0.05) is 0 Å². The van der Waals surface area contributed by atoms with Gasteiger partial charge in [-0.3, -0.25) is 0 Å². The van der Waals surface area contributed by atoms with Crippen LogP contribution in [0.1, 0.15) is 27.7 Å². The first-order valence-electron chi connectivity index (χ1n) is 8.62. The van der Waals surface area contributed by atoms with Gasteiger partial charge in [0.2, 0.25) is 5.95 Å². The van der Waals surface area contributed by atoms with Crippen molar-refractivity contribution >= 4 is 62.6 Å². The Morgan fingerprint density at radius 1 is 0.714 bits per heavy atom. The summed E-state index contributed by atoms with van der Waals surface area (Å²) in [6.07, 6.45) is 0. The van der Waals surface area contributed by atoms with Crippen LogP contribution in [0.25, 0.3) is 0 Å². The highest BCUT2D eigenvalue weighted by molar-refractivity contribution is 14.1. The van der Waals surface area contributed by atoms with Crippen LogP contribution in [-0.4, -0.2) is 36.4 Å². The Morgan fingerprint density at radius 3 is 1.25 bits per heavy atom. The number of hydrogen-bond acceptors (Lipinski definition) is 7. The van der Waals surface area contributed by atoms with Crippen molar-refractivity contribution in [1.29, 1.82) is 0 Å². The molecule has 28 heavy (non-hydrogen) atoms. The number of halogens is 3. The summed E-state index contributed by atoms with van der Waals surface area (Å²) in [7, 11) is 0. The zero-order valence-electron chi connectivity index (χ0n) is 16.7. The Hall–Kier alpha value is -0.990. The smallest absolute Gasteiger partial charge is 0.215 e. The Balaban J connectivity index is 0. The number of pyridine rings is 2. The fourth-order valence-electron chi connectivity index (χ4n) is 1.43. The maximum atomic E-state index is 12.2. The van der Waals surface area contributed by atoms with E-state index in [1.165, 1.54) is 6.07 Å². The highest BCUT2D eigenvalue weighted by Crippen LogP contribution is 2.10. The maximum absolute atomic E-state index is 12.2. The standard InChI is InChI=1S/C5H4FIN2.C5H6IN3.2C4H10O/c6-4-1-3(7)2-5(8)9-4;6-3-1-4(7)9-5(8)2-3;2*1-3-5-4-2/h1-2H,(H2,8,9);1-2H,(H4,7,8,9);2*3-4H2,1-2H3. The van der Waals surface area contributed by atoms with Crippen LogP contribution >= 0.6 is 45.2 Å². The lowest BCUT2D eigenvalue weighted by Crippen LogP contribution is -1.95. The van der Waals surface area contributed by atoms with E-state index in [1.54, 1.807) is 18.2 Å². The molecule has 0 bridgehead atoms. The lowest BCUT2D eigenvalue weighted by atomic mass is 10.4. The van der Waals surface area contributed by atoms with Gasteiger partial charge in [-0.15, -0.1) is 0 Å². The molecule has 2 aromatic rings. The predicted molar refractivity (Wildman–Crippen MR) is 131 cm³/mol. The van der Waals surface area contributed by atoms with E-state index >= 15 is 0 Å². The Bertz CT molecular complexity index is 491. The number of hydrogen-bond donors (Lipinski definition) is 3. The van der Waals surface area contributed by atoms with Crippen molar-refractivity contribution in [1.82, 2.24) is 9.97 Å². The summed E-state index contributed by atoms with van der Waals surface area (Å²) in [5, 5.41) is 0. The minimum absolute atomic E-state index is 0.222. The summed E-state index contributed by atoms with van der Waals surface area (Å²) < 4.78 is 23.7. The molecule has 0 atom stereocenters. The number of ether oxygens (including phenoxy) is 2. The summed E-state index contributed by atoms with van der Waals surface area (Å²) in [6, 6.07) is 6.44. The molecule has 160 valence electrons. The summed E-state index contributed by atoms with van der Waals surface area (Å²) in [6.45, 7) is 11.3. The molecule has 0 aromatic carbocycles. The monoisotopic (exact) mass is 621 g/mol. The fourth-order valence-corrected chi connectivity index (χ4v) is 2.64. The first-order valence-corrected chi connectivity index (χ1v) is 10.8. The number of nitrogens with zero attached hydrogens (tertiary/aromatic N) is 2. The van der Waals surface area contributed by atoms with E-state index in [0.717, 1.165) is 33.6 Å². The normalized spacial score (nSPS) is 9.11. The molecule has 0 aliphatic heterocycles. The first kappa shape index (κ1) is 29.2. The number of aromatic nitrogens is 2. The molecule has 0 radical (unpaired) electrons. The minimum Gasteiger partial charge on any atom is -0.384 e. The van der Waals surface area contributed by atoms with Crippen LogP contribution in [0.5, 0.6) is 0 Å². The Labute approximate surface area is 194 Å². The number of nitrogens with two attached hydrogens (primary N) is 3. The zero-order valence-corrected chi connectivity index (χ0v) is 21.0. The molecular weight excluding hydrogens is 591 g/mol. The molecule has 0 saturated heterocycles.